The van der Waals surface area contributed by atoms with Crippen LogP contribution in [0.25, 0.3) is 0 Å². The van der Waals surface area contributed by atoms with Crippen molar-refractivity contribution >= 4 is 49.2 Å². The normalized spacial score (nSPS) is 7.13. The number of carbonyl (C=O) groups excluding carboxylic acids is 2. The minimum atomic E-state index is -0.368. The second kappa shape index (κ2) is 38.1. The van der Waals surface area contributed by atoms with Gasteiger partial charge in [-0.15, -0.1) is 0 Å². The van der Waals surface area contributed by atoms with E-state index in [1.54, 1.807) is 14.0 Å². The van der Waals surface area contributed by atoms with Crippen molar-refractivity contribution in [3.05, 3.63) is 0 Å². The molecule has 0 unspecified atom stereocenters. The van der Waals surface area contributed by atoms with Gasteiger partial charge in [0.1, 0.15) is 0 Å². The summed E-state index contributed by atoms with van der Waals surface area (Å²) in [6.07, 6.45) is 3.28. The third-order valence-electron chi connectivity index (χ3n) is 1.96. The van der Waals surface area contributed by atoms with Gasteiger partial charge in [-0.3, -0.25) is 9.59 Å². The van der Waals surface area contributed by atoms with Gasteiger partial charge >= 0.3 is 11.9 Å². The molecule has 0 rings (SSSR count). The summed E-state index contributed by atoms with van der Waals surface area (Å²) in [6.45, 7) is 2.12. The molecule has 23 heavy (non-hydrogen) atoms. The van der Waals surface area contributed by atoms with E-state index in [0.29, 0.717) is 13.0 Å². The maximum Gasteiger partial charge on any atom is 0.308 e. The van der Waals surface area contributed by atoms with Crippen molar-refractivity contribution in [2.45, 2.75) is 76.2 Å². The van der Waals surface area contributed by atoms with Crippen LogP contribution >= 0.6 is 37.2 Å². The monoisotopic (exact) mass is 566 g/mol. The van der Waals surface area contributed by atoms with Gasteiger partial charge in [0, 0.05) is 63.8 Å². The lowest BCUT2D eigenvalue weighted by atomic mass is 10.2. The van der Waals surface area contributed by atoms with E-state index in [0.717, 1.165) is 19.3 Å². The first kappa shape index (κ1) is 43.6. The van der Waals surface area contributed by atoms with Crippen LogP contribution in [0.3, 0.4) is 0 Å². The highest BCUT2D eigenvalue weighted by atomic mass is 128. The molecule has 0 aromatic rings. The molecular weight excluding hydrogens is 526 g/mol. The van der Waals surface area contributed by atoms with E-state index >= 15 is 0 Å². The summed E-state index contributed by atoms with van der Waals surface area (Å²) in [5.74, 6) is -0.700. The van der Waals surface area contributed by atoms with Gasteiger partial charge in [0.15, 0.2) is 0 Å². The van der Waals surface area contributed by atoms with Crippen molar-refractivity contribution in [1.82, 2.24) is 0 Å². The van der Waals surface area contributed by atoms with Gasteiger partial charge < -0.3 is 14.2 Å². The highest BCUT2D eigenvalue weighted by molar-refractivity contribution is 15.0. The SMILES string of the molecule is C.C.C.C.C.CCC(=O)OCOC(=O)CCCCCOC.II. The summed E-state index contributed by atoms with van der Waals surface area (Å²) in [6, 6.07) is 0. The molecule has 5 nitrogen and oxygen atoms in total. The van der Waals surface area contributed by atoms with Crippen molar-refractivity contribution < 1.29 is 23.8 Å². The number of halogens is 2. The number of hydrogen-bond donors (Lipinski definition) is 0. The fraction of sp³-hybridized carbons (Fsp3) is 0.875. The summed E-state index contributed by atoms with van der Waals surface area (Å²) >= 11 is 4.24. The molecule has 0 saturated carbocycles. The molecule has 0 radical (unpaired) electrons. The van der Waals surface area contributed by atoms with Crippen LogP contribution in [-0.2, 0) is 23.8 Å². The molecule has 0 bridgehead atoms. The van der Waals surface area contributed by atoms with Gasteiger partial charge in [-0.1, -0.05) is 50.5 Å². The van der Waals surface area contributed by atoms with Gasteiger partial charge in [0.05, 0.1) is 0 Å². The Morgan fingerprint density at radius 2 is 1.30 bits per heavy atom. The Morgan fingerprint density at radius 3 is 1.74 bits per heavy atom. The average molecular weight is 566 g/mol. The van der Waals surface area contributed by atoms with Crippen molar-refractivity contribution in [3.63, 3.8) is 0 Å². The fourth-order valence-corrected chi connectivity index (χ4v) is 1.03. The minimum absolute atomic E-state index is 0. The maximum atomic E-state index is 11.1. The molecule has 0 saturated heterocycles. The molecule has 0 fully saturated rings. The fourth-order valence-electron chi connectivity index (χ4n) is 1.03. The first-order chi connectivity index (χ1) is 8.70. The minimum Gasteiger partial charge on any atom is -0.428 e. The number of hydrogen-bond acceptors (Lipinski definition) is 5. The molecule has 148 valence electrons. The first-order valence-electron chi connectivity index (χ1n) is 5.65. The molecular formula is C16H40I2O5. The third-order valence-corrected chi connectivity index (χ3v) is 1.96. The number of rotatable bonds is 9. The van der Waals surface area contributed by atoms with E-state index in [4.69, 9.17) is 9.47 Å². The maximum absolute atomic E-state index is 11.1. The Hall–Kier alpha value is 0.360. The van der Waals surface area contributed by atoms with Crippen molar-refractivity contribution in [3.8, 4) is 0 Å². The summed E-state index contributed by atoms with van der Waals surface area (Å²) in [7, 11) is 1.65. The lowest BCUT2D eigenvalue weighted by Gasteiger charge is -2.05. The number of methoxy groups -OCH3 is 1. The van der Waals surface area contributed by atoms with E-state index in [2.05, 4.69) is 42.0 Å². The standard InChI is InChI=1S/C11H20O5.5CH4.I2/c1-3-10(12)15-9-16-11(13)7-5-4-6-8-14-2;;;;;;1-2/h3-9H2,1-2H3;5*1H4;. The largest absolute Gasteiger partial charge is 0.428 e. The molecule has 0 aliphatic carbocycles. The molecule has 0 aromatic heterocycles. The van der Waals surface area contributed by atoms with Crippen molar-refractivity contribution in [2.75, 3.05) is 20.5 Å². The molecule has 7 heteroatoms. The summed E-state index contributed by atoms with van der Waals surface area (Å²) in [4.78, 5) is 21.8. The van der Waals surface area contributed by atoms with E-state index < -0.39 is 0 Å². The Kier molecular flexibility index (Phi) is 72.3. The summed E-state index contributed by atoms with van der Waals surface area (Å²) in [5.41, 5.74) is 0. The molecule has 0 aliphatic rings. The zero-order chi connectivity index (χ0) is 14.2. The van der Waals surface area contributed by atoms with Crippen LogP contribution in [0.2, 0.25) is 0 Å². The highest BCUT2D eigenvalue weighted by Gasteiger charge is 2.04. The average Bonchev–Trinajstić information content (AvgIpc) is 2.40. The predicted octanol–water partition coefficient (Wildman–Crippen LogP) is 6.60. The Bertz CT molecular complexity index is 215. The van der Waals surface area contributed by atoms with Crippen LogP contribution in [-0.4, -0.2) is 32.4 Å². The zero-order valence-electron chi connectivity index (χ0n) is 10.7. The Balaban J connectivity index is -0.0000000701. The van der Waals surface area contributed by atoms with E-state index in [1.165, 1.54) is 0 Å². The van der Waals surface area contributed by atoms with Crippen LogP contribution in [0.4, 0.5) is 0 Å². The van der Waals surface area contributed by atoms with Gasteiger partial charge in [-0.25, -0.2) is 0 Å². The van der Waals surface area contributed by atoms with E-state index in [9.17, 15) is 9.59 Å². The van der Waals surface area contributed by atoms with Crippen molar-refractivity contribution in [1.29, 1.82) is 0 Å². The smallest absolute Gasteiger partial charge is 0.308 e. The first-order valence-corrected chi connectivity index (χ1v) is 11.9. The van der Waals surface area contributed by atoms with Crippen LogP contribution in [0.5, 0.6) is 0 Å². The van der Waals surface area contributed by atoms with Crippen LogP contribution < -0.4 is 0 Å². The molecule has 0 amide bonds. The molecule has 0 aromatic carbocycles. The van der Waals surface area contributed by atoms with Gasteiger partial charge in [-0.05, 0) is 12.8 Å². The van der Waals surface area contributed by atoms with E-state index in [1.807, 2.05) is 0 Å². The number of unbranched alkanes of at least 4 members (excludes halogenated alkanes) is 2. The van der Waals surface area contributed by atoms with Crippen molar-refractivity contribution in [2.24, 2.45) is 0 Å². The van der Waals surface area contributed by atoms with Gasteiger partial charge in [-0.2, -0.15) is 0 Å². The zero-order valence-corrected chi connectivity index (χ0v) is 15.1. The predicted molar refractivity (Wildman–Crippen MR) is 119 cm³/mol. The quantitative estimate of drug-likeness (QED) is 0.136. The number of esters is 2. The molecule has 0 N–H and O–H groups in total. The second-order valence-electron chi connectivity index (χ2n) is 3.31. The summed E-state index contributed by atoms with van der Waals surface area (Å²) < 4.78 is 14.2. The summed E-state index contributed by atoms with van der Waals surface area (Å²) in [5, 5.41) is 0. The van der Waals surface area contributed by atoms with Crippen LogP contribution in [0, 0.1) is 0 Å². The highest BCUT2D eigenvalue weighted by Crippen LogP contribution is 2.01. The number of carbonyl (C=O) groups is 2. The van der Waals surface area contributed by atoms with Gasteiger partial charge in [0.25, 0.3) is 0 Å². The molecule has 0 spiro atoms. The Morgan fingerprint density at radius 1 is 0.826 bits per heavy atom. The second-order valence-corrected chi connectivity index (χ2v) is 3.31. The van der Waals surface area contributed by atoms with Crippen LogP contribution in [0.15, 0.2) is 0 Å². The lowest BCUT2D eigenvalue weighted by Crippen LogP contribution is -2.11. The molecule has 0 heterocycles. The molecule has 0 aliphatic heterocycles. The van der Waals surface area contributed by atoms with E-state index in [-0.39, 0.29) is 62.3 Å². The topological polar surface area (TPSA) is 61.8 Å². The number of ether oxygens (including phenoxy) is 3. The third kappa shape index (κ3) is 39.3. The van der Waals surface area contributed by atoms with Crippen LogP contribution in [0.1, 0.15) is 76.2 Å². The lowest BCUT2D eigenvalue weighted by molar-refractivity contribution is -0.167. The molecule has 0 atom stereocenters. The van der Waals surface area contributed by atoms with Gasteiger partial charge in [0.2, 0.25) is 6.79 Å². The Labute approximate surface area is 168 Å².